The van der Waals surface area contributed by atoms with Crippen LogP contribution in [0.3, 0.4) is 0 Å². The van der Waals surface area contributed by atoms with Crippen LogP contribution in [-0.2, 0) is 11.2 Å². The number of phenols is 1. The minimum atomic E-state index is -0.984. The molecular formula is C35H45FN2O4. The molecule has 2 fully saturated rings. The Kier molecular flexibility index (Phi) is 9.54. The molecule has 0 aromatic heterocycles. The number of hydrogen-bond acceptors (Lipinski definition) is 5. The van der Waals surface area contributed by atoms with E-state index in [1.807, 2.05) is 17.0 Å². The Morgan fingerprint density at radius 1 is 1.12 bits per heavy atom. The summed E-state index contributed by atoms with van der Waals surface area (Å²) in [4.78, 5) is 15.0. The lowest BCUT2D eigenvalue weighted by Gasteiger charge is -2.54. The highest BCUT2D eigenvalue weighted by atomic mass is 19.1. The van der Waals surface area contributed by atoms with E-state index in [1.165, 1.54) is 0 Å². The molecule has 2 N–H and O–H groups in total. The number of carbonyl (C=O) groups excluding carboxylic acids is 1. The minimum Gasteiger partial charge on any atom is -0.508 e. The number of aliphatic hydroxyl groups excluding tert-OH is 1. The Labute approximate surface area is 249 Å². The molecule has 2 aromatic carbocycles. The number of fused-ring (bicyclic) bond motifs is 5. The molecule has 226 valence electrons. The van der Waals surface area contributed by atoms with Crippen LogP contribution in [0.5, 0.6) is 5.75 Å². The predicted octanol–water partition coefficient (Wildman–Crippen LogP) is 6.39. The molecule has 6 unspecified atom stereocenters. The van der Waals surface area contributed by atoms with Gasteiger partial charge in [0.05, 0.1) is 24.3 Å². The van der Waals surface area contributed by atoms with Crippen LogP contribution in [-0.4, -0.2) is 60.1 Å². The largest absolute Gasteiger partial charge is 0.508 e. The number of aromatic hydroxyl groups is 1. The van der Waals surface area contributed by atoms with Crippen molar-refractivity contribution in [3.05, 3.63) is 64.7 Å². The Morgan fingerprint density at radius 3 is 2.62 bits per heavy atom. The van der Waals surface area contributed by atoms with E-state index in [0.29, 0.717) is 49.1 Å². The minimum absolute atomic E-state index is 0.0495. The van der Waals surface area contributed by atoms with Crippen molar-refractivity contribution >= 4 is 5.91 Å². The Balaban J connectivity index is 1.20. The highest BCUT2D eigenvalue weighted by Crippen LogP contribution is 2.63. The molecule has 0 bridgehead atoms. The molecule has 1 amide bonds. The van der Waals surface area contributed by atoms with E-state index < -0.39 is 12.3 Å². The predicted molar refractivity (Wildman–Crippen MR) is 160 cm³/mol. The highest BCUT2D eigenvalue weighted by Gasteiger charge is 2.59. The average molecular weight is 577 g/mol. The maximum absolute atomic E-state index is 16.0. The van der Waals surface area contributed by atoms with Crippen molar-refractivity contribution in [2.75, 3.05) is 26.8 Å². The number of nitrogens with zero attached hydrogens (tertiary/aromatic N) is 2. The number of phenolic OH excluding ortho intramolecular Hbond substituents is 1. The van der Waals surface area contributed by atoms with E-state index >= 15 is 4.39 Å². The van der Waals surface area contributed by atoms with Crippen LogP contribution in [0.4, 0.5) is 4.39 Å². The molecular weight excluding hydrogens is 531 g/mol. The summed E-state index contributed by atoms with van der Waals surface area (Å²) in [6.07, 6.45) is 6.51. The van der Waals surface area contributed by atoms with Crippen molar-refractivity contribution in [1.29, 1.82) is 5.26 Å². The van der Waals surface area contributed by atoms with Crippen molar-refractivity contribution < 1.29 is 24.1 Å². The molecule has 0 spiro atoms. The van der Waals surface area contributed by atoms with Gasteiger partial charge < -0.3 is 19.8 Å². The summed E-state index contributed by atoms with van der Waals surface area (Å²) in [5.74, 6) is 0.888. The normalized spacial score (nSPS) is 29.7. The van der Waals surface area contributed by atoms with Crippen molar-refractivity contribution in [3.63, 3.8) is 0 Å². The lowest BCUT2D eigenvalue weighted by atomic mass is 9.51. The molecule has 7 atom stereocenters. The third kappa shape index (κ3) is 6.07. The average Bonchev–Trinajstić information content (AvgIpc) is 3.28. The van der Waals surface area contributed by atoms with Crippen LogP contribution in [0, 0.1) is 34.5 Å². The number of carbonyl (C=O) groups is 1. The fraction of sp³-hybridized carbons (Fsp3) is 0.600. The van der Waals surface area contributed by atoms with Crippen molar-refractivity contribution in [2.24, 2.45) is 23.2 Å². The summed E-state index contributed by atoms with van der Waals surface area (Å²) in [6, 6.07) is 14.3. The number of amides is 1. The van der Waals surface area contributed by atoms with Crippen LogP contribution in [0.25, 0.3) is 0 Å². The molecule has 5 rings (SSSR count). The van der Waals surface area contributed by atoms with Crippen molar-refractivity contribution in [2.45, 2.75) is 82.9 Å². The van der Waals surface area contributed by atoms with Gasteiger partial charge in [-0.1, -0.05) is 32.3 Å². The molecule has 2 saturated carbocycles. The van der Waals surface area contributed by atoms with Gasteiger partial charge in [0.2, 0.25) is 0 Å². The molecule has 7 heteroatoms. The van der Waals surface area contributed by atoms with E-state index in [9.17, 15) is 15.0 Å². The summed E-state index contributed by atoms with van der Waals surface area (Å²) in [5.41, 5.74) is 2.89. The smallest absolute Gasteiger partial charge is 0.253 e. The number of methoxy groups -OCH3 is 1. The van der Waals surface area contributed by atoms with Gasteiger partial charge >= 0.3 is 0 Å². The number of hydrogen-bond donors (Lipinski definition) is 2. The van der Waals surface area contributed by atoms with Gasteiger partial charge in [-0.25, -0.2) is 4.39 Å². The van der Waals surface area contributed by atoms with Crippen LogP contribution in [0.15, 0.2) is 42.5 Å². The first-order chi connectivity index (χ1) is 20.3. The zero-order valence-electron chi connectivity index (χ0n) is 25.0. The number of halogens is 1. The van der Waals surface area contributed by atoms with Gasteiger partial charge in [-0.15, -0.1) is 0 Å². The number of ether oxygens (including phenoxy) is 1. The zero-order valence-corrected chi connectivity index (χ0v) is 25.0. The number of nitriles is 1. The topological polar surface area (TPSA) is 93.8 Å². The summed E-state index contributed by atoms with van der Waals surface area (Å²) in [5, 5.41) is 30.1. The Bertz CT molecular complexity index is 1280. The van der Waals surface area contributed by atoms with Gasteiger partial charge in [0, 0.05) is 31.7 Å². The fourth-order valence-corrected chi connectivity index (χ4v) is 8.48. The van der Waals surface area contributed by atoms with Gasteiger partial charge in [0.1, 0.15) is 11.9 Å². The highest BCUT2D eigenvalue weighted by molar-refractivity contribution is 5.94. The van der Waals surface area contributed by atoms with Gasteiger partial charge in [-0.05, 0) is 109 Å². The first-order valence-corrected chi connectivity index (χ1v) is 15.7. The molecule has 0 aliphatic heterocycles. The van der Waals surface area contributed by atoms with E-state index in [2.05, 4.69) is 13.0 Å². The van der Waals surface area contributed by atoms with Gasteiger partial charge in [0.15, 0.2) is 0 Å². The number of aliphatic hydroxyl groups is 1. The van der Waals surface area contributed by atoms with E-state index in [0.717, 1.165) is 62.5 Å². The Hall–Kier alpha value is -2.95. The molecule has 0 heterocycles. The summed E-state index contributed by atoms with van der Waals surface area (Å²) < 4.78 is 21.2. The van der Waals surface area contributed by atoms with Crippen LogP contribution < -0.4 is 0 Å². The van der Waals surface area contributed by atoms with Gasteiger partial charge in [-0.2, -0.15) is 5.26 Å². The molecule has 2 aromatic rings. The first-order valence-electron chi connectivity index (χ1n) is 15.7. The number of alkyl halides is 1. The maximum Gasteiger partial charge on any atom is 0.253 e. The van der Waals surface area contributed by atoms with E-state index in [1.54, 1.807) is 37.4 Å². The van der Waals surface area contributed by atoms with Crippen molar-refractivity contribution in [1.82, 2.24) is 4.90 Å². The second kappa shape index (κ2) is 13.1. The van der Waals surface area contributed by atoms with E-state index in [-0.39, 0.29) is 28.9 Å². The zero-order chi connectivity index (χ0) is 29.9. The van der Waals surface area contributed by atoms with Crippen molar-refractivity contribution in [3.8, 4) is 11.8 Å². The third-order valence-corrected chi connectivity index (χ3v) is 10.6. The summed E-state index contributed by atoms with van der Waals surface area (Å²) in [6.45, 7) is 3.73. The number of benzene rings is 2. The lowest BCUT2D eigenvalue weighted by molar-refractivity contribution is -0.0722. The molecule has 0 saturated heterocycles. The molecule has 42 heavy (non-hydrogen) atoms. The van der Waals surface area contributed by atoms with Crippen LogP contribution in [0.1, 0.15) is 91.3 Å². The van der Waals surface area contributed by atoms with Gasteiger partial charge in [-0.3, -0.25) is 4.79 Å². The number of unbranched alkanes of at least 4 members (excludes halogenated alkanes) is 3. The first kappa shape index (κ1) is 30.5. The SMILES string of the molecule is COCCN(CCCCCCC1Cc2cc(O)ccc2C2C(F)C[C@]3(C)C(O)CCC3C12)C(=O)c1ccc(C#N)cc1. The van der Waals surface area contributed by atoms with Crippen LogP contribution in [0.2, 0.25) is 0 Å². The lowest BCUT2D eigenvalue weighted by Crippen LogP contribution is -2.51. The van der Waals surface area contributed by atoms with Crippen LogP contribution >= 0.6 is 0 Å². The summed E-state index contributed by atoms with van der Waals surface area (Å²) >= 11 is 0. The second-order valence-electron chi connectivity index (χ2n) is 13.1. The maximum atomic E-state index is 16.0. The second-order valence-corrected chi connectivity index (χ2v) is 13.1. The third-order valence-electron chi connectivity index (χ3n) is 10.6. The number of rotatable bonds is 11. The Morgan fingerprint density at radius 2 is 1.88 bits per heavy atom. The quantitative estimate of drug-likeness (QED) is 0.302. The summed E-state index contributed by atoms with van der Waals surface area (Å²) in [7, 11) is 1.63. The van der Waals surface area contributed by atoms with E-state index in [4.69, 9.17) is 10.00 Å². The molecule has 6 nitrogen and oxygen atoms in total. The fourth-order valence-electron chi connectivity index (χ4n) is 8.48. The molecule has 3 aliphatic carbocycles. The van der Waals surface area contributed by atoms with Gasteiger partial charge in [0.25, 0.3) is 5.91 Å². The molecule has 3 aliphatic rings. The standard InChI is InChI=1S/C35H45FN2O4/c1-35-21-30(36)33-28-13-12-27(39)20-26(28)19-25(32(33)29(35)14-15-31(35)40)7-5-3-4-6-16-38(17-18-42-2)34(41)24-10-8-23(22-37)9-11-24/h8-13,20,25,29-33,39-40H,3-7,14-19,21H2,1-2H3/t25?,29?,30?,31?,32?,33?,35-/m0/s1. The molecule has 0 radical (unpaired) electrons. The monoisotopic (exact) mass is 576 g/mol.